The van der Waals surface area contributed by atoms with Gasteiger partial charge in [-0.3, -0.25) is 0 Å². The van der Waals surface area contributed by atoms with Crippen LogP contribution in [0.5, 0.6) is 5.75 Å². The first kappa shape index (κ1) is 18.8. The Kier molecular flexibility index (Phi) is 7.29. The fourth-order valence-electron chi connectivity index (χ4n) is 2.80. The summed E-state index contributed by atoms with van der Waals surface area (Å²) in [6.45, 7) is 0.975. The molecule has 0 radical (unpaired) electrons. The number of benzene rings is 2. The predicted molar refractivity (Wildman–Crippen MR) is 97.2 cm³/mol. The van der Waals surface area contributed by atoms with Gasteiger partial charge in [-0.15, -0.1) is 0 Å². The van der Waals surface area contributed by atoms with Crippen LogP contribution in [0, 0.1) is 0 Å². The zero-order valence-corrected chi connectivity index (χ0v) is 14.5. The predicted octanol–water partition coefficient (Wildman–Crippen LogP) is 3.00. The molecule has 0 saturated heterocycles. The van der Waals surface area contributed by atoms with Crippen LogP contribution in [-0.2, 0) is 19.3 Å². The lowest BCUT2D eigenvalue weighted by Gasteiger charge is -2.20. The summed E-state index contributed by atoms with van der Waals surface area (Å²) in [7, 11) is 1.62. The van der Waals surface area contributed by atoms with Gasteiger partial charge >= 0.3 is 6.09 Å². The van der Waals surface area contributed by atoms with E-state index in [1.54, 1.807) is 7.11 Å². The minimum atomic E-state index is -0.915. The van der Waals surface area contributed by atoms with E-state index in [0.717, 1.165) is 22.4 Å². The molecule has 2 aromatic carbocycles. The third-order valence-corrected chi connectivity index (χ3v) is 4.18. The zero-order valence-electron chi connectivity index (χ0n) is 14.5. The molecule has 5 heteroatoms. The molecule has 0 aromatic heterocycles. The smallest absolute Gasteiger partial charge is 0.407 e. The summed E-state index contributed by atoms with van der Waals surface area (Å²) in [5.41, 5.74) is 3.14. The summed E-state index contributed by atoms with van der Waals surface area (Å²) in [4.78, 5) is 13.0. The highest BCUT2D eigenvalue weighted by molar-refractivity contribution is 5.65. The number of carbonyl (C=O) groups is 1. The van der Waals surface area contributed by atoms with Crippen molar-refractivity contribution >= 4 is 6.09 Å². The molecule has 0 saturated carbocycles. The number of hydrogen-bond donors (Lipinski definition) is 2. The molecule has 0 aliphatic rings. The summed E-state index contributed by atoms with van der Waals surface area (Å²) in [5, 5.41) is 18.5. The van der Waals surface area contributed by atoms with Gasteiger partial charge in [0.25, 0.3) is 0 Å². The molecule has 0 aliphatic carbocycles. The number of hydrogen-bond acceptors (Lipinski definition) is 3. The van der Waals surface area contributed by atoms with Gasteiger partial charge in [-0.2, -0.15) is 0 Å². The molecule has 0 bridgehead atoms. The van der Waals surface area contributed by atoms with Crippen molar-refractivity contribution in [2.75, 3.05) is 26.8 Å². The number of carboxylic acid groups (broad SMARTS) is 1. The van der Waals surface area contributed by atoms with Crippen molar-refractivity contribution in [3.05, 3.63) is 65.2 Å². The lowest BCUT2D eigenvalue weighted by Crippen LogP contribution is -2.33. The summed E-state index contributed by atoms with van der Waals surface area (Å²) in [6.07, 6.45) is 0.962. The maximum absolute atomic E-state index is 11.5. The molecule has 25 heavy (non-hydrogen) atoms. The number of rotatable bonds is 9. The lowest BCUT2D eigenvalue weighted by atomic mass is 10.1. The SMILES string of the molecule is COc1ccccc1CCN(CCc1cccc(CCO)c1)C(=O)O. The van der Waals surface area contributed by atoms with E-state index in [-0.39, 0.29) is 6.61 Å². The van der Waals surface area contributed by atoms with E-state index in [1.165, 1.54) is 4.90 Å². The first-order valence-corrected chi connectivity index (χ1v) is 8.42. The van der Waals surface area contributed by atoms with Gasteiger partial charge in [0.15, 0.2) is 0 Å². The normalized spacial score (nSPS) is 10.5. The number of para-hydroxylation sites is 1. The van der Waals surface area contributed by atoms with Crippen molar-refractivity contribution in [1.29, 1.82) is 0 Å². The Morgan fingerprint density at radius 2 is 1.68 bits per heavy atom. The van der Waals surface area contributed by atoms with Crippen molar-refractivity contribution in [2.24, 2.45) is 0 Å². The van der Waals surface area contributed by atoms with Crippen LogP contribution < -0.4 is 4.74 Å². The number of aliphatic hydroxyl groups excluding tert-OH is 1. The highest BCUT2D eigenvalue weighted by Gasteiger charge is 2.13. The molecule has 2 rings (SSSR count). The number of nitrogens with zero attached hydrogens (tertiary/aromatic N) is 1. The van der Waals surface area contributed by atoms with Crippen LogP contribution >= 0.6 is 0 Å². The van der Waals surface area contributed by atoms with E-state index in [0.29, 0.717) is 32.4 Å². The molecule has 0 aliphatic heterocycles. The maximum atomic E-state index is 11.5. The molecule has 0 fully saturated rings. The average molecular weight is 343 g/mol. The highest BCUT2D eigenvalue weighted by atomic mass is 16.5. The van der Waals surface area contributed by atoms with Gasteiger partial charge in [0.05, 0.1) is 7.11 Å². The average Bonchev–Trinajstić information content (AvgIpc) is 2.62. The Morgan fingerprint density at radius 3 is 2.36 bits per heavy atom. The van der Waals surface area contributed by atoms with E-state index < -0.39 is 6.09 Å². The molecule has 134 valence electrons. The highest BCUT2D eigenvalue weighted by Crippen LogP contribution is 2.18. The van der Waals surface area contributed by atoms with Gasteiger partial charge in [-0.25, -0.2) is 4.79 Å². The molecular formula is C20H25NO4. The van der Waals surface area contributed by atoms with Crippen LogP contribution in [0.4, 0.5) is 4.79 Å². The molecule has 5 nitrogen and oxygen atoms in total. The fourth-order valence-corrected chi connectivity index (χ4v) is 2.80. The Labute approximate surface area is 148 Å². The van der Waals surface area contributed by atoms with Crippen LogP contribution in [0.1, 0.15) is 16.7 Å². The van der Waals surface area contributed by atoms with Crippen LogP contribution in [0.25, 0.3) is 0 Å². The molecule has 0 heterocycles. The number of ether oxygens (including phenoxy) is 1. The first-order chi connectivity index (χ1) is 12.1. The quantitative estimate of drug-likeness (QED) is 0.734. The van der Waals surface area contributed by atoms with Crippen LogP contribution in [-0.4, -0.2) is 48.0 Å². The van der Waals surface area contributed by atoms with Gasteiger partial charge in [0.2, 0.25) is 0 Å². The Morgan fingerprint density at radius 1 is 1.00 bits per heavy atom. The third-order valence-electron chi connectivity index (χ3n) is 4.18. The Bertz CT molecular complexity index is 687. The maximum Gasteiger partial charge on any atom is 0.407 e. The topological polar surface area (TPSA) is 70.0 Å². The van der Waals surface area contributed by atoms with Crippen LogP contribution in [0.2, 0.25) is 0 Å². The number of aliphatic hydroxyl groups is 1. The largest absolute Gasteiger partial charge is 0.496 e. The summed E-state index contributed by atoms with van der Waals surface area (Å²) < 4.78 is 5.32. The summed E-state index contributed by atoms with van der Waals surface area (Å²) >= 11 is 0. The van der Waals surface area contributed by atoms with Gasteiger partial charge < -0.3 is 19.8 Å². The Hall–Kier alpha value is -2.53. The number of methoxy groups -OCH3 is 1. The fraction of sp³-hybridized carbons (Fsp3) is 0.350. The minimum Gasteiger partial charge on any atom is -0.496 e. The standard InChI is InChI=1S/C20H25NO4/c1-25-19-8-3-2-7-18(19)10-13-21(20(23)24)12-9-16-5-4-6-17(15-16)11-14-22/h2-8,15,22H,9-14H2,1H3,(H,23,24). The molecule has 2 aromatic rings. The van der Waals surface area contributed by atoms with E-state index in [1.807, 2.05) is 48.5 Å². The summed E-state index contributed by atoms with van der Waals surface area (Å²) in [6, 6.07) is 15.6. The monoisotopic (exact) mass is 343 g/mol. The second-order valence-electron chi connectivity index (χ2n) is 5.88. The van der Waals surface area contributed by atoms with Crippen LogP contribution in [0.3, 0.4) is 0 Å². The minimum absolute atomic E-state index is 0.115. The molecular weight excluding hydrogens is 318 g/mol. The lowest BCUT2D eigenvalue weighted by molar-refractivity contribution is 0.146. The van der Waals surface area contributed by atoms with Crippen LogP contribution in [0.15, 0.2) is 48.5 Å². The Balaban J connectivity index is 1.94. The van der Waals surface area contributed by atoms with Crippen molar-refractivity contribution in [2.45, 2.75) is 19.3 Å². The first-order valence-electron chi connectivity index (χ1n) is 8.42. The molecule has 0 unspecified atom stereocenters. The van der Waals surface area contributed by atoms with Crippen molar-refractivity contribution in [3.63, 3.8) is 0 Å². The molecule has 0 spiro atoms. The van der Waals surface area contributed by atoms with Gasteiger partial charge in [0.1, 0.15) is 5.75 Å². The van der Waals surface area contributed by atoms with Gasteiger partial charge in [-0.05, 0) is 42.0 Å². The van der Waals surface area contributed by atoms with E-state index >= 15 is 0 Å². The molecule has 0 atom stereocenters. The van der Waals surface area contributed by atoms with Crippen molar-refractivity contribution < 1.29 is 19.7 Å². The summed E-state index contributed by atoms with van der Waals surface area (Å²) in [5.74, 6) is 0.782. The van der Waals surface area contributed by atoms with E-state index in [4.69, 9.17) is 9.84 Å². The van der Waals surface area contributed by atoms with Gasteiger partial charge in [-0.1, -0.05) is 42.5 Å². The third kappa shape index (κ3) is 5.80. The molecule has 2 N–H and O–H groups in total. The van der Waals surface area contributed by atoms with E-state index in [2.05, 4.69) is 0 Å². The molecule has 1 amide bonds. The number of amides is 1. The van der Waals surface area contributed by atoms with Crippen molar-refractivity contribution in [3.8, 4) is 5.75 Å². The second kappa shape index (κ2) is 9.69. The zero-order chi connectivity index (χ0) is 18.1. The van der Waals surface area contributed by atoms with Crippen molar-refractivity contribution in [1.82, 2.24) is 4.90 Å². The van der Waals surface area contributed by atoms with Gasteiger partial charge in [0, 0.05) is 19.7 Å². The second-order valence-corrected chi connectivity index (χ2v) is 5.88. The van der Waals surface area contributed by atoms with E-state index in [9.17, 15) is 9.90 Å².